The molecule has 0 saturated carbocycles. The molecule has 1 unspecified atom stereocenters. The number of alkyl halides is 1. The van der Waals surface area contributed by atoms with E-state index in [4.69, 9.17) is 0 Å². The zero-order chi connectivity index (χ0) is 13.9. The van der Waals surface area contributed by atoms with Crippen molar-refractivity contribution in [3.8, 4) is 0 Å². The van der Waals surface area contributed by atoms with E-state index in [1.807, 2.05) is 0 Å². The van der Waals surface area contributed by atoms with Crippen LogP contribution in [0.2, 0.25) is 0 Å². The van der Waals surface area contributed by atoms with Crippen molar-refractivity contribution in [2.24, 2.45) is 11.8 Å². The summed E-state index contributed by atoms with van der Waals surface area (Å²) in [5.74, 6) is 0.630. The van der Waals surface area contributed by atoms with Gasteiger partial charge in [-0.05, 0) is 27.8 Å². The second-order valence-corrected chi connectivity index (χ2v) is 5.92. The van der Waals surface area contributed by atoms with Crippen molar-refractivity contribution >= 4 is 37.5 Å². The van der Waals surface area contributed by atoms with E-state index in [1.165, 1.54) is 16.8 Å². The molecule has 1 rings (SSSR count). The topological polar surface area (TPSA) is 65.1 Å². The molecular weight excluding hydrogens is 368 g/mol. The fraction of sp³-hybridized carbons (Fsp3) is 0.545. The highest BCUT2D eigenvalue weighted by atomic mass is 79.9. The highest BCUT2D eigenvalue weighted by Gasteiger charge is 2.17. The average molecular weight is 382 g/mol. The normalized spacial score (nSPS) is 12.7. The molecule has 5 nitrogen and oxygen atoms in total. The van der Waals surface area contributed by atoms with Crippen molar-refractivity contribution in [2.45, 2.75) is 20.4 Å². The summed E-state index contributed by atoms with van der Waals surface area (Å²) in [7, 11) is 0. The molecule has 0 aromatic carbocycles. The smallest absolute Gasteiger partial charge is 0.286 e. The van der Waals surface area contributed by atoms with Crippen LogP contribution in [0, 0.1) is 22.0 Å². The van der Waals surface area contributed by atoms with E-state index >= 15 is 0 Å². The summed E-state index contributed by atoms with van der Waals surface area (Å²) in [6.45, 7) is 4.58. The molecule has 0 bridgehead atoms. The molecule has 1 atom stereocenters. The molecule has 100 valence electrons. The highest BCUT2D eigenvalue weighted by molar-refractivity contribution is 9.10. The molecular formula is C11H14Br2N2O3. The molecule has 0 aliphatic carbocycles. The Morgan fingerprint density at radius 3 is 2.56 bits per heavy atom. The zero-order valence-electron chi connectivity index (χ0n) is 10.1. The lowest BCUT2D eigenvalue weighted by Gasteiger charge is -2.19. The van der Waals surface area contributed by atoms with E-state index in [9.17, 15) is 14.9 Å². The largest absolute Gasteiger partial charge is 0.308 e. The van der Waals surface area contributed by atoms with Crippen molar-refractivity contribution in [1.82, 2.24) is 4.57 Å². The minimum Gasteiger partial charge on any atom is -0.308 e. The number of halogens is 2. The molecule has 0 N–H and O–H groups in total. The zero-order valence-corrected chi connectivity index (χ0v) is 13.3. The molecule has 0 spiro atoms. The van der Waals surface area contributed by atoms with Gasteiger partial charge in [0.05, 0.1) is 15.6 Å². The molecule has 1 aromatic heterocycles. The van der Waals surface area contributed by atoms with E-state index in [0.717, 1.165) is 5.33 Å². The van der Waals surface area contributed by atoms with Gasteiger partial charge >= 0.3 is 0 Å². The number of rotatable bonds is 5. The summed E-state index contributed by atoms with van der Waals surface area (Å²) >= 11 is 6.47. The van der Waals surface area contributed by atoms with E-state index in [1.54, 1.807) is 0 Å². The predicted octanol–water partition coefficient (Wildman–Crippen LogP) is 3.19. The lowest BCUT2D eigenvalue weighted by Crippen LogP contribution is -2.27. The quantitative estimate of drug-likeness (QED) is 0.447. The molecule has 0 aliphatic rings. The number of pyridine rings is 1. The van der Waals surface area contributed by atoms with Crippen LogP contribution in [0.3, 0.4) is 0 Å². The molecule has 1 aromatic rings. The van der Waals surface area contributed by atoms with Crippen LogP contribution in [-0.2, 0) is 6.54 Å². The Balaban J connectivity index is 3.15. The van der Waals surface area contributed by atoms with E-state index in [0.29, 0.717) is 12.5 Å². The van der Waals surface area contributed by atoms with Crippen LogP contribution in [0.5, 0.6) is 0 Å². The van der Waals surface area contributed by atoms with Crippen LogP contribution >= 0.6 is 31.9 Å². The van der Waals surface area contributed by atoms with Gasteiger partial charge < -0.3 is 4.57 Å². The van der Waals surface area contributed by atoms with Crippen LogP contribution in [0.15, 0.2) is 21.5 Å². The molecule has 0 aliphatic heterocycles. The Bertz CT molecular complexity index is 500. The summed E-state index contributed by atoms with van der Waals surface area (Å²) in [6, 6.07) is 1.23. The molecule has 0 fully saturated rings. The maximum absolute atomic E-state index is 11.9. The van der Waals surface area contributed by atoms with Crippen molar-refractivity contribution in [1.29, 1.82) is 0 Å². The predicted molar refractivity (Wildman–Crippen MR) is 77.2 cm³/mol. The third kappa shape index (κ3) is 3.65. The summed E-state index contributed by atoms with van der Waals surface area (Å²) in [4.78, 5) is 22.2. The molecule has 1 heterocycles. The lowest BCUT2D eigenvalue weighted by molar-refractivity contribution is -0.385. The lowest BCUT2D eigenvalue weighted by atomic mass is 9.98. The van der Waals surface area contributed by atoms with Gasteiger partial charge in [-0.3, -0.25) is 14.9 Å². The fourth-order valence-electron chi connectivity index (χ4n) is 1.51. The van der Waals surface area contributed by atoms with Gasteiger partial charge in [-0.25, -0.2) is 0 Å². The van der Waals surface area contributed by atoms with Crippen molar-refractivity contribution in [3.05, 3.63) is 37.2 Å². The van der Waals surface area contributed by atoms with Crippen molar-refractivity contribution < 1.29 is 4.92 Å². The van der Waals surface area contributed by atoms with Crippen molar-refractivity contribution in [2.75, 3.05) is 5.33 Å². The summed E-state index contributed by atoms with van der Waals surface area (Å²) in [6.07, 6.45) is 1.30. The molecule has 18 heavy (non-hydrogen) atoms. The summed E-state index contributed by atoms with van der Waals surface area (Å²) in [5, 5.41) is 11.5. The summed E-state index contributed by atoms with van der Waals surface area (Å²) < 4.78 is 1.61. The standard InChI is InChI=1S/C11H14Br2N2O3/c1-7(2)8(4-12)5-14-6-9(15(17)18)3-10(13)11(14)16/h3,6-8H,4-5H2,1-2H3. The molecule has 0 saturated heterocycles. The second-order valence-electron chi connectivity index (χ2n) is 4.42. The fourth-order valence-corrected chi connectivity index (χ4v) is 2.92. The average Bonchev–Trinajstić information content (AvgIpc) is 2.30. The van der Waals surface area contributed by atoms with E-state index < -0.39 is 4.92 Å². The third-order valence-corrected chi connectivity index (χ3v) is 4.21. The van der Waals surface area contributed by atoms with Crippen LogP contribution < -0.4 is 5.56 Å². The first kappa shape index (κ1) is 15.4. The van der Waals surface area contributed by atoms with Gasteiger partial charge in [-0.2, -0.15) is 0 Å². The number of nitro groups is 1. The number of nitrogens with zero attached hydrogens (tertiary/aromatic N) is 2. The number of aromatic nitrogens is 1. The van der Waals surface area contributed by atoms with Crippen LogP contribution in [-0.4, -0.2) is 14.8 Å². The summed E-state index contributed by atoms with van der Waals surface area (Å²) in [5.41, 5.74) is -0.328. The Morgan fingerprint density at radius 2 is 2.11 bits per heavy atom. The van der Waals surface area contributed by atoms with Gasteiger partial charge in [0, 0.05) is 17.9 Å². The Kier molecular flexibility index (Phi) is 5.52. The van der Waals surface area contributed by atoms with Crippen molar-refractivity contribution in [3.63, 3.8) is 0 Å². The van der Waals surface area contributed by atoms with Crippen LogP contribution in [0.25, 0.3) is 0 Å². The van der Waals surface area contributed by atoms with E-state index in [2.05, 4.69) is 45.7 Å². The minimum absolute atomic E-state index is 0.0847. The monoisotopic (exact) mass is 380 g/mol. The minimum atomic E-state index is -0.501. The Morgan fingerprint density at radius 1 is 1.50 bits per heavy atom. The third-order valence-electron chi connectivity index (χ3n) is 2.81. The van der Waals surface area contributed by atoms with Gasteiger partial charge in [-0.15, -0.1) is 0 Å². The molecule has 7 heteroatoms. The molecule has 0 amide bonds. The first-order chi connectivity index (χ1) is 8.36. The van der Waals surface area contributed by atoms with Gasteiger partial charge in [0.1, 0.15) is 0 Å². The van der Waals surface area contributed by atoms with Crippen LogP contribution in [0.1, 0.15) is 13.8 Å². The number of hydrogen-bond acceptors (Lipinski definition) is 3. The maximum atomic E-state index is 11.9. The van der Waals surface area contributed by atoms with Gasteiger partial charge in [0.25, 0.3) is 11.2 Å². The maximum Gasteiger partial charge on any atom is 0.286 e. The Labute approximate surface area is 122 Å². The number of hydrogen-bond donors (Lipinski definition) is 0. The second kappa shape index (κ2) is 6.47. The Hall–Kier alpha value is -0.690. The highest BCUT2D eigenvalue weighted by Crippen LogP contribution is 2.19. The van der Waals surface area contributed by atoms with Gasteiger partial charge in [-0.1, -0.05) is 29.8 Å². The van der Waals surface area contributed by atoms with Gasteiger partial charge in [0.2, 0.25) is 0 Å². The van der Waals surface area contributed by atoms with Crippen LogP contribution in [0.4, 0.5) is 5.69 Å². The SMILES string of the molecule is CC(C)C(CBr)Cn1cc([N+](=O)[O-])cc(Br)c1=O. The van der Waals surface area contributed by atoms with E-state index in [-0.39, 0.29) is 21.6 Å². The molecule has 0 radical (unpaired) electrons. The first-order valence-corrected chi connectivity index (χ1v) is 7.38. The first-order valence-electron chi connectivity index (χ1n) is 5.47. The van der Waals surface area contributed by atoms with Gasteiger partial charge in [0.15, 0.2) is 0 Å².